The number of hydrogen-bond donors (Lipinski definition) is 1. The monoisotopic (exact) mass is 281 g/mol. The predicted molar refractivity (Wildman–Crippen MR) is 78.6 cm³/mol. The summed E-state index contributed by atoms with van der Waals surface area (Å²) in [5.74, 6) is 0.880. The first-order chi connectivity index (χ1) is 9.16. The Morgan fingerprint density at radius 1 is 1.37 bits per heavy atom. The lowest BCUT2D eigenvalue weighted by Gasteiger charge is -2.47. The third-order valence-electron chi connectivity index (χ3n) is 5.15. The Labute approximate surface area is 120 Å². The fraction of sp³-hybridized carbons (Fsp3) is 0.800. The zero-order valence-electron chi connectivity index (χ0n) is 12.0. The zero-order chi connectivity index (χ0) is 13.5. The highest BCUT2D eigenvalue weighted by molar-refractivity contribution is 6.31. The van der Waals surface area contributed by atoms with Crippen molar-refractivity contribution in [3.05, 3.63) is 16.4 Å². The molecule has 2 fully saturated rings. The molecule has 0 radical (unpaired) electrons. The van der Waals surface area contributed by atoms with Crippen molar-refractivity contribution in [2.75, 3.05) is 13.1 Å². The SMILES string of the molecule is CCn1nc(C)c(Cl)c1CC1(C2CCCC2)CNC1. The van der Waals surface area contributed by atoms with Crippen LogP contribution in [0.3, 0.4) is 0 Å². The number of aryl methyl sites for hydroxylation is 2. The Bertz CT molecular complexity index is 456. The smallest absolute Gasteiger partial charge is 0.0847 e. The number of aromatic nitrogens is 2. The maximum absolute atomic E-state index is 6.48. The summed E-state index contributed by atoms with van der Waals surface area (Å²) in [6.07, 6.45) is 6.72. The lowest BCUT2D eigenvalue weighted by atomic mass is 9.67. The van der Waals surface area contributed by atoms with Crippen molar-refractivity contribution in [3.63, 3.8) is 0 Å². The molecule has 0 unspecified atom stereocenters. The standard InChI is InChI=1S/C15H24ClN3/c1-3-19-13(14(16)11(2)18-19)8-15(9-17-10-15)12-6-4-5-7-12/h12,17H,3-10H2,1-2H3. The van der Waals surface area contributed by atoms with Gasteiger partial charge in [0, 0.05) is 25.0 Å². The van der Waals surface area contributed by atoms with Gasteiger partial charge in [0.15, 0.2) is 0 Å². The maximum Gasteiger partial charge on any atom is 0.0847 e. The summed E-state index contributed by atoms with van der Waals surface area (Å²) in [4.78, 5) is 0. The van der Waals surface area contributed by atoms with Crippen molar-refractivity contribution in [2.45, 2.75) is 52.5 Å². The van der Waals surface area contributed by atoms with Gasteiger partial charge in [0.1, 0.15) is 0 Å². The van der Waals surface area contributed by atoms with Crippen LogP contribution in [-0.2, 0) is 13.0 Å². The van der Waals surface area contributed by atoms with Crippen LogP contribution in [0.25, 0.3) is 0 Å². The normalized spacial score (nSPS) is 22.7. The fourth-order valence-corrected chi connectivity index (χ4v) is 4.12. The van der Waals surface area contributed by atoms with Gasteiger partial charge in [0.05, 0.1) is 16.4 Å². The Morgan fingerprint density at radius 3 is 2.58 bits per heavy atom. The number of halogens is 1. The fourth-order valence-electron chi connectivity index (χ4n) is 3.91. The zero-order valence-corrected chi connectivity index (χ0v) is 12.8. The number of nitrogens with one attached hydrogen (secondary N) is 1. The van der Waals surface area contributed by atoms with E-state index >= 15 is 0 Å². The topological polar surface area (TPSA) is 29.9 Å². The summed E-state index contributed by atoms with van der Waals surface area (Å²) < 4.78 is 2.10. The highest BCUT2D eigenvalue weighted by atomic mass is 35.5. The van der Waals surface area contributed by atoms with Crippen molar-refractivity contribution in [1.82, 2.24) is 15.1 Å². The van der Waals surface area contributed by atoms with Crippen LogP contribution >= 0.6 is 11.6 Å². The van der Waals surface area contributed by atoms with Gasteiger partial charge in [-0.2, -0.15) is 5.10 Å². The molecule has 0 spiro atoms. The second-order valence-corrected chi connectivity index (χ2v) is 6.66. The molecule has 1 aromatic heterocycles. The number of hydrogen-bond acceptors (Lipinski definition) is 2. The van der Waals surface area contributed by atoms with E-state index < -0.39 is 0 Å². The minimum absolute atomic E-state index is 0.444. The molecule has 0 amide bonds. The molecule has 0 aromatic carbocycles. The second-order valence-electron chi connectivity index (χ2n) is 6.29. The first-order valence-electron chi connectivity index (χ1n) is 7.59. The first-order valence-corrected chi connectivity index (χ1v) is 7.96. The molecule has 1 aliphatic carbocycles. The van der Waals surface area contributed by atoms with Gasteiger partial charge in [-0.1, -0.05) is 24.4 Å². The van der Waals surface area contributed by atoms with E-state index in [1.165, 1.54) is 31.4 Å². The van der Waals surface area contributed by atoms with E-state index in [2.05, 4.69) is 22.0 Å². The van der Waals surface area contributed by atoms with Crippen molar-refractivity contribution in [1.29, 1.82) is 0 Å². The molecule has 0 atom stereocenters. The van der Waals surface area contributed by atoms with Gasteiger partial charge in [0.25, 0.3) is 0 Å². The summed E-state index contributed by atoms with van der Waals surface area (Å²) in [5, 5.41) is 8.95. The molecule has 0 bridgehead atoms. The Kier molecular flexibility index (Phi) is 3.61. The van der Waals surface area contributed by atoms with Gasteiger partial charge in [0.2, 0.25) is 0 Å². The molecule has 1 saturated carbocycles. The van der Waals surface area contributed by atoms with E-state index in [0.717, 1.165) is 42.7 Å². The average molecular weight is 282 g/mol. The molecule has 3 rings (SSSR count). The van der Waals surface area contributed by atoms with E-state index in [-0.39, 0.29) is 0 Å². The quantitative estimate of drug-likeness (QED) is 0.919. The molecule has 1 aromatic rings. The van der Waals surface area contributed by atoms with Gasteiger partial charge in [-0.05, 0) is 39.0 Å². The molecule has 1 N–H and O–H groups in total. The van der Waals surface area contributed by atoms with Crippen LogP contribution in [0.2, 0.25) is 5.02 Å². The van der Waals surface area contributed by atoms with Gasteiger partial charge in [-0.15, -0.1) is 0 Å². The minimum atomic E-state index is 0.444. The Morgan fingerprint density at radius 2 is 2.05 bits per heavy atom. The number of rotatable bonds is 4. The van der Waals surface area contributed by atoms with Crippen molar-refractivity contribution in [2.24, 2.45) is 11.3 Å². The van der Waals surface area contributed by atoms with Crippen molar-refractivity contribution < 1.29 is 0 Å². The van der Waals surface area contributed by atoms with Crippen LogP contribution in [0, 0.1) is 18.3 Å². The van der Waals surface area contributed by atoms with Crippen LogP contribution in [0.15, 0.2) is 0 Å². The molecule has 2 heterocycles. The van der Waals surface area contributed by atoms with Crippen molar-refractivity contribution >= 4 is 11.6 Å². The second kappa shape index (κ2) is 5.10. The van der Waals surface area contributed by atoms with E-state index in [0.29, 0.717) is 5.41 Å². The molecule has 4 heteroatoms. The molecule has 1 saturated heterocycles. The summed E-state index contributed by atoms with van der Waals surface area (Å²) in [7, 11) is 0. The lowest BCUT2D eigenvalue weighted by molar-refractivity contribution is 0.0785. The predicted octanol–water partition coefficient (Wildman–Crippen LogP) is 3.19. The van der Waals surface area contributed by atoms with E-state index in [9.17, 15) is 0 Å². The number of nitrogens with zero attached hydrogens (tertiary/aromatic N) is 2. The molecule has 2 aliphatic rings. The molecule has 3 nitrogen and oxygen atoms in total. The average Bonchev–Trinajstić information content (AvgIpc) is 2.96. The molecule has 19 heavy (non-hydrogen) atoms. The first kappa shape index (κ1) is 13.4. The molecule has 1 aliphatic heterocycles. The van der Waals surface area contributed by atoms with E-state index in [1.54, 1.807) is 0 Å². The third-order valence-corrected chi connectivity index (χ3v) is 5.64. The lowest BCUT2D eigenvalue weighted by Crippen LogP contribution is -2.58. The van der Waals surface area contributed by atoms with Crippen LogP contribution in [0.5, 0.6) is 0 Å². The van der Waals surface area contributed by atoms with Crippen LogP contribution in [0.4, 0.5) is 0 Å². The van der Waals surface area contributed by atoms with Gasteiger partial charge < -0.3 is 5.32 Å². The Hall–Kier alpha value is -0.540. The summed E-state index contributed by atoms with van der Waals surface area (Å²) in [6, 6.07) is 0. The Balaban J connectivity index is 1.86. The minimum Gasteiger partial charge on any atom is -0.315 e. The van der Waals surface area contributed by atoms with Gasteiger partial charge >= 0.3 is 0 Å². The highest BCUT2D eigenvalue weighted by Gasteiger charge is 2.45. The highest BCUT2D eigenvalue weighted by Crippen LogP contribution is 2.45. The summed E-state index contributed by atoms with van der Waals surface area (Å²) in [5.41, 5.74) is 2.68. The van der Waals surface area contributed by atoms with E-state index in [4.69, 9.17) is 11.6 Å². The third kappa shape index (κ3) is 2.21. The largest absolute Gasteiger partial charge is 0.315 e. The van der Waals surface area contributed by atoms with Crippen LogP contribution in [-0.4, -0.2) is 22.9 Å². The molecular weight excluding hydrogens is 258 g/mol. The van der Waals surface area contributed by atoms with Gasteiger partial charge in [-0.3, -0.25) is 4.68 Å². The maximum atomic E-state index is 6.48. The van der Waals surface area contributed by atoms with Crippen molar-refractivity contribution in [3.8, 4) is 0 Å². The summed E-state index contributed by atoms with van der Waals surface area (Å²) in [6.45, 7) is 7.38. The molecular formula is C15H24ClN3. The summed E-state index contributed by atoms with van der Waals surface area (Å²) >= 11 is 6.48. The van der Waals surface area contributed by atoms with Crippen LogP contribution in [0.1, 0.15) is 44.0 Å². The van der Waals surface area contributed by atoms with E-state index in [1.807, 2.05) is 6.92 Å². The molecule has 106 valence electrons. The van der Waals surface area contributed by atoms with Crippen LogP contribution < -0.4 is 5.32 Å². The van der Waals surface area contributed by atoms with Gasteiger partial charge in [-0.25, -0.2) is 0 Å².